The monoisotopic (exact) mass is 368 g/mol. The molecule has 1 unspecified atom stereocenters. The molecule has 0 saturated carbocycles. The fraction of sp³-hybridized carbons (Fsp3) is 0.273. The van der Waals surface area contributed by atoms with E-state index in [4.69, 9.17) is 14.2 Å². The van der Waals surface area contributed by atoms with Crippen LogP contribution >= 0.6 is 0 Å². The van der Waals surface area contributed by atoms with Gasteiger partial charge in [-0.25, -0.2) is 4.79 Å². The molecule has 0 amide bonds. The fourth-order valence-electron chi connectivity index (χ4n) is 2.33. The summed E-state index contributed by atoms with van der Waals surface area (Å²) in [7, 11) is 0. The summed E-state index contributed by atoms with van der Waals surface area (Å²) >= 11 is 0. The van der Waals surface area contributed by atoms with Gasteiger partial charge in [0, 0.05) is 30.0 Å². The second kappa shape index (κ2) is 10.9. The van der Waals surface area contributed by atoms with Crippen molar-refractivity contribution in [2.24, 2.45) is 0 Å². The van der Waals surface area contributed by atoms with E-state index in [1.54, 1.807) is 36.4 Å². The average molecular weight is 368 g/mol. The van der Waals surface area contributed by atoms with Crippen molar-refractivity contribution in [3.05, 3.63) is 78.4 Å². The highest BCUT2D eigenvalue weighted by Gasteiger charge is 2.11. The molecule has 0 aromatic heterocycles. The Kier molecular flexibility index (Phi) is 8.26. The van der Waals surface area contributed by atoms with Gasteiger partial charge in [-0.05, 0) is 24.3 Å². The molecule has 142 valence electrons. The summed E-state index contributed by atoms with van der Waals surface area (Å²) in [5.74, 6) is 0.160. The fourth-order valence-corrected chi connectivity index (χ4v) is 2.33. The zero-order chi connectivity index (χ0) is 19.5. The predicted molar refractivity (Wildman–Crippen MR) is 103 cm³/mol. The maximum atomic E-state index is 12.4. The molecular weight excluding hydrogens is 344 g/mol. The Bertz CT molecular complexity index is 737. The molecule has 2 aromatic carbocycles. The molecule has 0 spiro atoms. The van der Waals surface area contributed by atoms with Gasteiger partial charge in [0.2, 0.25) is 0 Å². The second-order valence-electron chi connectivity index (χ2n) is 5.77. The van der Waals surface area contributed by atoms with Crippen molar-refractivity contribution in [2.45, 2.75) is 26.1 Å². The molecule has 5 heteroatoms. The first-order chi connectivity index (χ1) is 13.1. The van der Waals surface area contributed by atoms with Gasteiger partial charge in [0.05, 0.1) is 13.2 Å². The molecule has 0 radical (unpaired) electrons. The summed E-state index contributed by atoms with van der Waals surface area (Å²) in [5.41, 5.74) is 1.25. The van der Waals surface area contributed by atoms with Gasteiger partial charge >= 0.3 is 5.97 Å². The van der Waals surface area contributed by atoms with E-state index in [2.05, 4.69) is 6.58 Å². The minimum Gasteiger partial charge on any atom is -0.465 e. The maximum Gasteiger partial charge on any atom is 0.330 e. The van der Waals surface area contributed by atoms with Crippen LogP contribution in [0.4, 0.5) is 0 Å². The Balaban J connectivity index is 1.82. The molecule has 27 heavy (non-hydrogen) atoms. The average Bonchev–Trinajstić information content (AvgIpc) is 2.73. The van der Waals surface area contributed by atoms with Crippen molar-refractivity contribution in [1.29, 1.82) is 0 Å². The number of ether oxygens (including phenoxy) is 3. The molecule has 2 rings (SSSR count). The normalized spacial score (nSPS) is 11.4. The van der Waals surface area contributed by atoms with Gasteiger partial charge in [0.1, 0.15) is 5.75 Å². The van der Waals surface area contributed by atoms with Gasteiger partial charge in [-0.2, -0.15) is 0 Å². The Morgan fingerprint density at radius 3 is 2.30 bits per heavy atom. The van der Waals surface area contributed by atoms with E-state index in [1.807, 2.05) is 25.1 Å². The lowest BCUT2D eigenvalue weighted by Crippen LogP contribution is -2.21. The largest absolute Gasteiger partial charge is 0.465 e. The standard InChI is InChI=1S/C22H24O5/c1-3-20(23)25-15-8-16-26-21(4-2)27-19-13-11-18(12-14-19)22(24)17-9-6-5-7-10-17/h3,5-7,9-14,21H,1,4,8,15-16H2,2H3. The summed E-state index contributed by atoms with van der Waals surface area (Å²) in [6.45, 7) is 5.97. The van der Waals surface area contributed by atoms with Gasteiger partial charge in [0.25, 0.3) is 0 Å². The quantitative estimate of drug-likeness (QED) is 0.196. The number of ketones is 1. The van der Waals surface area contributed by atoms with Crippen molar-refractivity contribution < 1.29 is 23.8 Å². The second-order valence-corrected chi connectivity index (χ2v) is 5.77. The number of esters is 1. The highest BCUT2D eigenvalue weighted by Crippen LogP contribution is 2.18. The van der Waals surface area contributed by atoms with Crippen molar-refractivity contribution >= 4 is 11.8 Å². The molecule has 5 nitrogen and oxygen atoms in total. The summed E-state index contributed by atoms with van der Waals surface area (Å²) in [4.78, 5) is 23.3. The van der Waals surface area contributed by atoms with Crippen LogP contribution in [0.15, 0.2) is 67.3 Å². The van der Waals surface area contributed by atoms with Gasteiger partial charge in [-0.3, -0.25) is 4.79 Å². The van der Waals surface area contributed by atoms with E-state index in [0.29, 0.717) is 36.3 Å². The third kappa shape index (κ3) is 6.72. The molecule has 0 aliphatic rings. The molecule has 2 aromatic rings. The summed E-state index contributed by atoms with van der Waals surface area (Å²) < 4.78 is 16.3. The van der Waals surface area contributed by atoms with Crippen LogP contribution in [0.5, 0.6) is 5.75 Å². The highest BCUT2D eigenvalue weighted by atomic mass is 16.7. The third-order valence-corrected chi connectivity index (χ3v) is 3.76. The smallest absolute Gasteiger partial charge is 0.330 e. The lowest BCUT2D eigenvalue weighted by molar-refractivity contribution is -0.138. The molecule has 0 saturated heterocycles. The summed E-state index contributed by atoms with van der Waals surface area (Å²) in [6.07, 6.45) is 1.96. The Morgan fingerprint density at radius 1 is 1.00 bits per heavy atom. The minimum atomic E-state index is -0.441. The Hall–Kier alpha value is -2.92. The van der Waals surface area contributed by atoms with Crippen molar-refractivity contribution in [2.75, 3.05) is 13.2 Å². The first-order valence-corrected chi connectivity index (χ1v) is 8.91. The van der Waals surface area contributed by atoms with Crippen molar-refractivity contribution in [1.82, 2.24) is 0 Å². The number of carbonyl (C=O) groups is 2. The van der Waals surface area contributed by atoms with Gasteiger partial charge in [-0.1, -0.05) is 43.8 Å². The summed E-state index contributed by atoms with van der Waals surface area (Å²) in [6, 6.07) is 16.1. The third-order valence-electron chi connectivity index (χ3n) is 3.76. The molecular formula is C22H24O5. The van der Waals surface area contributed by atoms with E-state index >= 15 is 0 Å². The van der Waals surface area contributed by atoms with Gasteiger partial charge < -0.3 is 14.2 Å². The number of rotatable bonds is 11. The molecule has 0 N–H and O–H groups in total. The van der Waals surface area contributed by atoms with Gasteiger partial charge in [-0.15, -0.1) is 0 Å². The van der Waals surface area contributed by atoms with Gasteiger partial charge in [0.15, 0.2) is 12.1 Å². The molecule has 0 aliphatic heterocycles. The van der Waals surface area contributed by atoms with Crippen LogP contribution in [0.1, 0.15) is 35.7 Å². The highest BCUT2D eigenvalue weighted by molar-refractivity contribution is 6.08. The number of benzene rings is 2. The van der Waals surface area contributed by atoms with Crippen molar-refractivity contribution in [3.63, 3.8) is 0 Å². The molecule has 0 fully saturated rings. The molecule has 0 bridgehead atoms. The van der Waals surface area contributed by atoms with E-state index in [1.165, 1.54) is 0 Å². The van der Waals surface area contributed by atoms with Crippen molar-refractivity contribution in [3.8, 4) is 5.75 Å². The molecule has 0 aliphatic carbocycles. The lowest BCUT2D eigenvalue weighted by atomic mass is 10.0. The Labute approximate surface area is 159 Å². The van der Waals surface area contributed by atoms with Crippen LogP contribution in [0.3, 0.4) is 0 Å². The zero-order valence-electron chi connectivity index (χ0n) is 15.4. The van der Waals surface area contributed by atoms with E-state index in [0.717, 1.165) is 6.08 Å². The van der Waals surface area contributed by atoms with Crippen LogP contribution in [0.2, 0.25) is 0 Å². The summed E-state index contributed by atoms with van der Waals surface area (Å²) in [5, 5.41) is 0. The Morgan fingerprint density at radius 2 is 1.67 bits per heavy atom. The maximum absolute atomic E-state index is 12.4. The van der Waals surface area contributed by atoms with Crippen LogP contribution in [-0.2, 0) is 14.3 Å². The number of hydrogen-bond donors (Lipinski definition) is 0. The van der Waals surface area contributed by atoms with E-state index < -0.39 is 12.3 Å². The zero-order valence-corrected chi connectivity index (χ0v) is 15.4. The van der Waals surface area contributed by atoms with E-state index in [-0.39, 0.29) is 12.4 Å². The van der Waals surface area contributed by atoms with Crippen LogP contribution < -0.4 is 4.74 Å². The van der Waals surface area contributed by atoms with Crippen LogP contribution in [-0.4, -0.2) is 31.3 Å². The molecule has 0 heterocycles. The first kappa shape index (κ1) is 20.4. The topological polar surface area (TPSA) is 61.8 Å². The SMILES string of the molecule is C=CC(=O)OCCCOC(CC)Oc1ccc(C(=O)c2ccccc2)cc1. The van der Waals surface area contributed by atoms with Crippen LogP contribution in [0, 0.1) is 0 Å². The number of hydrogen-bond acceptors (Lipinski definition) is 5. The first-order valence-electron chi connectivity index (χ1n) is 8.91. The van der Waals surface area contributed by atoms with Crippen LogP contribution in [0.25, 0.3) is 0 Å². The molecule has 1 atom stereocenters. The van der Waals surface area contributed by atoms with E-state index in [9.17, 15) is 9.59 Å². The minimum absolute atomic E-state index is 0.0282. The lowest BCUT2D eigenvalue weighted by Gasteiger charge is -2.18. The number of carbonyl (C=O) groups excluding carboxylic acids is 2. The predicted octanol–water partition coefficient (Wildman–Crippen LogP) is 4.17.